The maximum Gasteiger partial charge on any atom is 0.224 e. The Morgan fingerprint density at radius 2 is 2.03 bits per heavy atom. The molecule has 1 aliphatic rings. The van der Waals surface area contributed by atoms with Crippen LogP contribution in [0.4, 0.5) is 5.95 Å². The van der Waals surface area contributed by atoms with E-state index >= 15 is 0 Å². The fourth-order valence-corrected chi connectivity index (χ4v) is 5.05. The van der Waals surface area contributed by atoms with E-state index in [1.54, 1.807) is 6.20 Å². The molecule has 2 atom stereocenters. The van der Waals surface area contributed by atoms with Crippen LogP contribution >= 0.6 is 15.9 Å². The van der Waals surface area contributed by atoms with E-state index in [9.17, 15) is 0 Å². The van der Waals surface area contributed by atoms with Crippen LogP contribution in [-0.4, -0.2) is 40.3 Å². The van der Waals surface area contributed by atoms with Crippen molar-refractivity contribution in [1.29, 1.82) is 0 Å². The summed E-state index contributed by atoms with van der Waals surface area (Å²) in [7, 11) is 2.06. The van der Waals surface area contributed by atoms with E-state index in [4.69, 9.17) is 4.98 Å². The molecular formula is C23H21BrN8. The number of hydrogen-bond acceptors (Lipinski definition) is 6. The van der Waals surface area contributed by atoms with Crippen molar-refractivity contribution in [1.82, 2.24) is 34.3 Å². The minimum absolute atomic E-state index is 0.320. The van der Waals surface area contributed by atoms with E-state index in [1.165, 1.54) is 0 Å². The molecule has 0 unspecified atom stereocenters. The smallest absolute Gasteiger partial charge is 0.224 e. The highest BCUT2D eigenvalue weighted by molar-refractivity contribution is 9.10. The van der Waals surface area contributed by atoms with E-state index in [0.717, 1.165) is 57.3 Å². The van der Waals surface area contributed by atoms with E-state index in [-0.39, 0.29) is 0 Å². The van der Waals surface area contributed by atoms with Crippen LogP contribution < -0.4 is 5.32 Å². The number of pyridine rings is 1. The molecule has 0 spiro atoms. The van der Waals surface area contributed by atoms with Gasteiger partial charge in [-0.15, -0.1) is 0 Å². The molecule has 4 heterocycles. The number of hydrogen-bond donors (Lipinski definition) is 1. The molecule has 5 aromatic rings. The van der Waals surface area contributed by atoms with Crippen molar-refractivity contribution in [3.63, 3.8) is 0 Å². The molecule has 0 aliphatic heterocycles. The third-order valence-corrected chi connectivity index (χ3v) is 6.79. The number of imidazole rings is 1. The van der Waals surface area contributed by atoms with Crippen molar-refractivity contribution in [2.24, 2.45) is 7.05 Å². The maximum atomic E-state index is 4.83. The standard InChI is InChI=1S/C23H21BrN8/c1-31-10-9-26-21(31)15-4-5-16(11-15)28-23-27-13-18-20(24)30-32(22(18)29-23)17-6-7-19-14(12-17)3-2-8-25-19/h2-3,6-10,12-13,15-16H,4-5,11H2,1H3,(H,27,28,29)/t15-,16-/m1/s1. The highest BCUT2D eigenvalue weighted by Crippen LogP contribution is 2.35. The second-order valence-corrected chi connectivity index (χ2v) is 9.01. The molecule has 0 amide bonds. The lowest BCUT2D eigenvalue weighted by molar-refractivity contribution is 0.624. The summed E-state index contributed by atoms with van der Waals surface area (Å²) in [4.78, 5) is 18.3. The first-order chi connectivity index (χ1) is 15.7. The van der Waals surface area contributed by atoms with Gasteiger partial charge in [-0.1, -0.05) is 6.07 Å². The van der Waals surface area contributed by atoms with Crippen molar-refractivity contribution in [2.75, 3.05) is 5.32 Å². The number of rotatable bonds is 4. The molecule has 1 aromatic carbocycles. The summed E-state index contributed by atoms with van der Waals surface area (Å²) in [5.74, 6) is 2.24. The zero-order valence-electron chi connectivity index (χ0n) is 17.5. The van der Waals surface area contributed by atoms with Gasteiger partial charge in [0.25, 0.3) is 0 Å². The summed E-state index contributed by atoms with van der Waals surface area (Å²) < 4.78 is 4.69. The van der Waals surface area contributed by atoms with Crippen LogP contribution in [0.25, 0.3) is 27.6 Å². The Kier molecular flexibility index (Phi) is 4.64. The normalized spacial score (nSPS) is 18.6. The Hall–Kier alpha value is -3.33. The van der Waals surface area contributed by atoms with Gasteiger partial charge in [0.2, 0.25) is 5.95 Å². The third-order valence-electron chi connectivity index (χ3n) is 6.20. The van der Waals surface area contributed by atoms with Crippen LogP contribution in [0.15, 0.2) is 59.7 Å². The van der Waals surface area contributed by atoms with Gasteiger partial charge in [-0.05, 0) is 59.5 Å². The number of nitrogens with zero attached hydrogens (tertiary/aromatic N) is 7. The van der Waals surface area contributed by atoms with Crippen LogP contribution in [0, 0.1) is 0 Å². The number of aromatic nitrogens is 7. The summed E-state index contributed by atoms with van der Waals surface area (Å²) in [5.41, 5.74) is 2.64. The number of benzene rings is 1. The Morgan fingerprint density at radius 1 is 1.09 bits per heavy atom. The van der Waals surface area contributed by atoms with Crippen LogP contribution in [0.3, 0.4) is 0 Å². The molecule has 8 nitrogen and oxygen atoms in total. The van der Waals surface area contributed by atoms with Crippen LogP contribution in [-0.2, 0) is 7.05 Å². The molecule has 1 aliphatic carbocycles. The van der Waals surface area contributed by atoms with E-state index in [0.29, 0.717) is 17.9 Å². The Morgan fingerprint density at radius 3 is 2.91 bits per heavy atom. The van der Waals surface area contributed by atoms with Crippen molar-refractivity contribution in [3.05, 3.63) is 65.5 Å². The van der Waals surface area contributed by atoms with Gasteiger partial charge < -0.3 is 9.88 Å². The summed E-state index contributed by atoms with van der Waals surface area (Å²) in [6, 6.07) is 10.4. The van der Waals surface area contributed by atoms with Crippen molar-refractivity contribution in [3.8, 4) is 5.69 Å². The molecule has 1 fully saturated rings. The van der Waals surface area contributed by atoms with Gasteiger partial charge in [0, 0.05) is 49.2 Å². The van der Waals surface area contributed by atoms with Crippen molar-refractivity contribution in [2.45, 2.75) is 31.2 Å². The van der Waals surface area contributed by atoms with E-state index < -0.39 is 0 Å². The molecule has 160 valence electrons. The molecule has 9 heteroatoms. The minimum Gasteiger partial charge on any atom is -0.351 e. The molecule has 0 bridgehead atoms. The number of anilines is 1. The number of fused-ring (bicyclic) bond motifs is 2. The number of aryl methyl sites for hydroxylation is 1. The lowest BCUT2D eigenvalue weighted by atomic mass is 10.1. The molecule has 32 heavy (non-hydrogen) atoms. The first kappa shape index (κ1) is 19.4. The first-order valence-corrected chi connectivity index (χ1v) is 11.5. The monoisotopic (exact) mass is 488 g/mol. The third kappa shape index (κ3) is 3.33. The van der Waals surface area contributed by atoms with Gasteiger partial charge in [0.1, 0.15) is 10.4 Å². The minimum atomic E-state index is 0.320. The molecule has 0 saturated heterocycles. The Labute approximate surface area is 192 Å². The van der Waals surface area contributed by atoms with Crippen LogP contribution in [0.2, 0.25) is 0 Å². The maximum absolute atomic E-state index is 4.83. The fourth-order valence-electron chi connectivity index (χ4n) is 4.61. The van der Waals surface area contributed by atoms with Crippen molar-refractivity contribution >= 4 is 43.8 Å². The average Bonchev–Trinajstić information content (AvgIpc) is 3.52. The summed E-state index contributed by atoms with van der Waals surface area (Å²) in [5, 5.41) is 10.1. The van der Waals surface area contributed by atoms with Crippen molar-refractivity contribution < 1.29 is 0 Å². The molecule has 1 saturated carbocycles. The predicted molar refractivity (Wildman–Crippen MR) is 127 cm³/mol. The number of nitrogens with one attached hydrogen (secondary N) is 1. The summed E-state index contributed by atoms with van der Waals surface area (Å²) in [6.45, 7) is 0. The second kappa shape index (κ2) is 7.67. The highest BCUT2D eigenvalue weighted by atomic mass is 79.9. The second-order valence-electron chi connectivity index (χ2n) is 8.26. The van der Waals surface area contributed by atoms with Crippen LogP contribution in [0.5, 0.6) is 0 Å². The van der Waals surface area contributed by atoms with Gasteiger partial charge in [0.15, 0.2) is 5.65 Å². The summed E-state index contributed by atoms with van der Waals surface area (Å²) >= 11 is 3.56. The molecule has 0 radical (unpaired) electrons. The predicted octanol–water partition coefficient (Wildman–Crippen LogP) is 4.61. The lowest BCUT2D eigenvalue weighted by Gasteiger charge is -2.13. The Bertz CT molecular complexity index is 1440. The zero-order valence-corrected chi connectivity index (χ0v) is 19.1. The van der Waals surface area contributed by atoms with Gasteiger partial charge in [-0.2, -0.15) is 10.1 Å². The van der Waals surface area contributed by atoms with Gasteiger partial charge >= 0.3 is 0 Å². The van der Waals surface area contributed by atoms with Crippen LogP contribution in [0.1, 0.15) is 31.0 Å². The topological polar surface area (TPSA) is 86.3 Å². The zero-order chi connectivity index (χ0) is 21.7. The highest BCUT2D eigenvalue weighted by Gasteiger charge is 2.29. The SMILES string of the molecule is Cn1ccnc1[C@@H]1CC[C@@H](Nc2ncc3c(Br)nn(-c4ccc5ncccc5c4)c3n2)C1. The molecule has 4 aromatic heterocycles. The molecular weight excluding hydrogens is 468 g/mol. The van der Waals surface area contributed by atoms with E-state index in [1.807, 2.05) is 47.5 Å². The quantitative estimate of drug-likeness (QED) is 0.397. The first-order valence-electron chi connectivity index (χ1n) is 10.7. The Balaban J connectivity index is 1.31. The molecule has 6 rings (SSSR count). The van der Waals surface area contributed by atoms with Gasteiger partial charge in [-0.3, -0.25) is 4.98 Å². The average molecular weight is 489 g/mol. The molecule has 1 N–H and O–H groups in total. The van der Waals surface area contributed by atoms with Gasteiger partial charge in [-0.25, -0.2) is 14.6 Å². The summed E-state index contributed by atoms with van der Waals surface area (Å²) in [6.07, 6.45) is 10.7. The largest absolute Gasteiger partial charge is 0.351 e. The lowest BCUT2D eigenvalue weighted by Crippen LogP contribution is -2.18. The number of halogens is 1. The fraction of sp³-hybridized carbons (Fsp3) is 0.261. The van der Waals surface area contributed by atoms with E-state index in [2.05, 4.69) is 59.0 Å². The van der Waals surface area contributed by atoms with Gasteiger partial charge in [0.05, 0.1) is 16.6 Å².